The largest absolute Gasteiger partial charge is 0.394 e. The molecule has 3 N–H and O–H groups in total. The van der Waals surface area contributed by atoms with Gasteiger partial charge in [-0.25, -0.2) is 0 Å². The fraction of sp³-hybridized carbons (Fsp3) is 0.273. The van der Waals surface area contributed by atoms with Crippen molar-refractivity contribution in [3.63, 3.8) is 0 Å². The molecule has 0 bridgehead atoms. The zero-order valence-corrected chi connectivity index (χ0v) is 8.92. The number of aliphatic hydroxyl groups excluding tert-OH is 1. The van der Waals surface area contributed by atoms with Gasteiger partial charge in [0.15, 0.2) is 0 Å². The Bertz CT molecular complexity index is 482. The van der Waals surface area contributed by atoms with Crippen LogP contribution in [-0.4, -0.2) is 21.9 Å². The SMILES string of the molecule is Cc1ccccc1-c1noc(C(N)CO)n1. The molecule has 1 unspecified atom stereocenters. The number of hydrogen-bond acceptors (Lipinski definition) is 5. The number of aliphatic hydroxyl groups is 1. The molecule has 1 aromatic heterocycles. The molecule has 0 radical (unpaired) electrons. The van der Waals surface area contributed by atoms with Crippen LogP contribution >= 0.6 is 0 Å². The summed E-state index contributed by atoms with van der Waals surface area (Å²) in [5.74, 6) is 0.748. The van der Waals surface area contributed by atoms with Crippen LogP contribution in [0.1, 0.15) is 17.5 Å². The van der Waals surface area contributed by atoms with E-state index in [-0.39, 0.29) is 12.5 Å². The fourth-order valence-corrected chi connectivity index (χ4v) is 1.40. The lowest BCUT2D eigenvalue weighted by Crippen LogP contribution is -2.14. The van der Waals surface area contributed by atoms with E-state index in [1.165, 1.54) is 0 Å². The molecule has 0 saturated heterocycles. The maximum atomic E-state index is 8.87. The molecule has 0 aliphatic heterocycles. The molecule has 1 aromatic carbocycles. The lowest BCUT2D eigenvalue weighted by molar-refractivity contribution is 0.237. The summed E-state index contributed by atoms with van der Waals surface area (Å²) in [4.78, 5) is 4.15. The second kappa shape index (κ2) is 4.42. The quantitative estimate of drug-likeness (QED) is 0.805. The molecule has 2 aromatic rings. The number of aryl methyl sites for hydroxylation is 1. The predicted octanol–water partition coefficient (Wildman–Crippen LogP) is 1.04. The van der Waals surface area contributed by atoms with Crippen molar-refractivity contribution in [3.05, 3.63) is 35.7 Å². The Morgan fingerprint density at radius 1 is 1.44 bits per heavy atom. The second-order valence-electron chi connectivity index (χ2n) is 3.56. The number of nitrogens with two attached hydrogens (primary N) is 1. The van der Waals surface area contributed by atoms with Gasteiger partial charge in [0.1, 0.15) is 6.04 Å². The number of benzene rings is 1. The van der Waals surface area contributed by atoms with Gasteiger partial charge in [0.25, 0.3) is 0 Å². The number of hydrogen-bond donors (Lipinski definition) is 2. The lowest BCUT2D eigenvalue weighted by atomic mass is 10.1. The van der Waals surface area contributed by atoms with E-state index in [1.807, 2.05) is 31.2 Å². The van der Waals surface area contributed by atoms with Gasteiger partial charge in [0, 0.05) is 5.56 Å². The summed E-state index contributed by atoms with van der Waals surface area (Å²) in [6.07, 6.45) is 0. The highest BCUT2D eigenvalue weighted by atomic mass is 16.5. The predicted molar refractivity (Wildman–Crippen MR) is 58.5 cm³/mol. The summed E-state index contributed by atoms with van der Waals surface area (Å²) >= 11 is 0. The molecule has 84 valence electrons. The zero-order valence-electron chi connectivity index (χ0n) is 8.92. The van der Waals surface area contributed by atoms with E-state index in [0.717, 1.165) is 11.1 Å². The Kier molecular flexibility index (Phi) is 2.98. The second-order valence-corrected chi connectivity index (χ2v) is 3.56. The van der Waals surface area contributed by atoms with Crippen LogP contribution in [0.3, 0.4) is 0 Å². The number of aromatic nitrogens is 2. The third-order valence-corrected chi connectivity index (χ3v) is 2.34. The average molecular weight is 219 g/mol. The van der Waals surface area contributed by atoms with Gasteiger partial charge in [-0.2, -0.15) is 4.98 Å². The average Bonchev–Trinajstić information content (AvgIpc) is 2.78. The highest BCUT2D eigenvalue weighted by Crippen LogP contribution is 2.20. The van der Waals surface area contributed by atoms with Crippen LogP contribution in [0.2, 0.25) is 0 Å². The van der Waals surface area contributed by atoms with E-state index in [2.05, 4.69) is 10.1 Å². The van der Waals surface area contributed by atoms with E-state index in [0.29, 0.717) is 5.82 Å². The van der Waals surface area contributed by atoms with Gasteiger partial charge in [0.2, 0.25) is 11.7 Å². The Hall–Kier alpha value is -1.72. The van der Waals surface area contributed by atoms with E-state index in [9.17, 15) is 0 Å². The molecule has 1 heterocycles. The minimum absolute atomic E-state index is 0.213. The minimum atomic E-state index is -0.620. The summed E-state index contributed by atoms with van der Waals surface area (Å²) in [5.41, 5.74) is 7.55. The van der Waals surface area contributed by atoms with Crippen LogP contribution in [0, 0.1) is 6.92 Å². The summed E-state index contributed by atoms with van der Waals surface area (Å²) in [6, 6.07) is 7.11. The Labute approximate surface area is 92.9 Å². The van der Waals surface area contributed by atoms with Crippen molar-refractivity contribution >= 4 is 0 Å². The molecular formula is C11H13N3O2. The zero-order chi connectivity index (χ0) is 11.5. The van der Waals surface area contributed by atoms with Crippen LogP contribution in [0.15, 0.2) is 28.8 Å². The van der Waals surface area contributed by atoms with Gasteiger partial charge in [-0.1, -0.05) is 29.4 Å². The smallest absolute Gasteiger partial charge is 0.246 e. The standard InChI is InChI=1S/C11H13N3O2/c1-7-4-2-3-5-8(7)10-13-11(16-14-10)9(12)6-15/h2-5,9,15H,6,12H2,1H3. The van der Waals surface area contributed by atoms with Gasteiger partial charge in [0.05, 0.1) is 6.61 Å². The van der Waals surface area contributed by atoms with Gasteiger partial charge >= 0.3 is 0 Å². The molecule has 16 heavy (non-hydrogen) atoms. The van der Waals surface area contributed by atoms with Gasteiger partial charge < -0.3 is 15.4 Å². The first-order valence-corrected chi connectivity index (χ1v) is 4.98. The normalized spacial score (nSPS) is 12.7. The van der Waals surface area contributed by atoms with Gasteiger partial charge in [-0.05, 0) is 12.5 Å². The summed E-state index contributed by atoms with van der Waals surface area (Å²) in [5, 5.41) is 12.7. The molecule has 0 aliphatic carbocycles. The Morgan fingerprint density at radius 3 is 2.88 bits per heavy atom. The fourth-order valence-electron chi connectivity index (χ4n) is 1.40. The molecule has 0 amide bonds. The summed E-state index contributed by atoms with van der Waals surface area (Å²) in [7, 11) is 0. The van der Waals surface area contributed by atoms with Crippen LogP contribution in [0.25, 0.3) is 11.4 Å². The van der Waals surface area contributed by atoms with Crippen molar-refractivity contribution in [3.8, 4) is 11.4 Å². The summed E-state index contributed by atoms with van der Waals surface area (Å²) < 4.78 is 4.98. The maximum absolute atomic E-state index is 8.87. The van der Waals surface area contributed by atoms with Crippen LogP contribution in [0.5, 0.6) is 0 Å². The molecule has 5 nitrogen and oxygen atoms in total. The molecule has 2 rings (SSSR count). The maximum Gasteiger partial charge on any atom is 0.246 e. The molecule has 0 saturated carbocycles. The van der Waals surface area contributed by atoms with Crippen LogP contribution in [0.4, 0.5) is 0 Å². The molecule has 0 spiro atoms. The molecule has 0 aliphatic rings. The number of rotatable bonds is 3. The van der Waals surface area contributed by atoms with Crippen molar-refractivity contribution in [2.24, 2.45) is 5.73 Å². The van der Waals surface area contributed by atoms with Crippen LogP contribution in [-0.2, 0) is 0 Å². The van der Waals surface area contributed by atoms with E-state index in [4.69, 9.17) is 15.4 Å². The topological polar surface area (TPSA) is 85.2 Å². The number of nitrogens with zero attached hydrogens (tertiary/aromatic N) is 2. The van der Waals surface area contributed by atoms with Crippen molar-refractivity contribution in [2.75, 3.05) is 6.61 Å². The summed E-state index contributed by atoms with van der Waals surface area (Å²) in [6.45, 7) is 1.76. The van der Waals surface area contributed by atoms with Crippen LogP contribution < -0.4 is 5.73 Å². The monoisotopic (exact) mass is 219 g/mol. The first-order chi connectivity index (χ1) is 7.72. The van der Waals surface area contributed by atoms with E-state index in [1.54, 1.807) is 0 Å². The minimum Gasteiger partial charge on any atom is -0.394 e. The molecule has 1 atom stereocenters. The molecule has 5 heteroatoms. The van der Waals surface area contributed by atoms with Crippen molar-refractivity contribution < 1.29 is 9.63 Å². The molecule has 0 fully saturated rings. The van der Waals surface area contributed by atoms with Crippen molar-refractivity contribution in [1.29, 1.82) is 0 Å². The highest BCUT2D eigenvalue weighted by molar-refractivity contribution is 5.58. The van der Waals surface area contributed by atoms with Gasteiger partial charge in [-0.3, -0.25) is 0 Å². The lowest BCUT2D eigenvalue weighted by Gasteiger charge is -1.99. The van der Waals surface area contributed by atoms with Crippen molar-refractivity contribution in [1.82, 2.24) is 10.1 Å². The third-order valence-electron chi connectivity index (χ3n) is 2.34. The highest BCUT2D eigenvalue weighted by Gasteiger charge is 2.15. The third kappa shape index (κ3) is 1.95. The van der Waals surface area contributed by atoms with E-state index < -0.39 is 6.04 Å². The first-order valence-electron chi connectivity index (χ1n) is 4.98. The molecular weight excluding hydrogens is 206 g/mol. The Balaban J connectivity index is 2.35. The first kappa shape index (κ1) is 10.8. The van der Waals surface area contributed by atoms with Crippen molar-refractivity contribution in [2.45, 2.75) is 13.0 Å². The Morgan fingerprint density at radius 2 is 2.19 bits per heavy atom. The van der Waals surface area contributed by atoms with Gasteiger partial charge in [-0.15, -0.1) is 0 Å². The van der Waals surface area contributed by atoms with E-state index >= 15 is 0 Å².